The van der Waals surface area contributed by atoms with Crippen LogP contribution in [0.1, 0.15) is 25.3 Å². The third-order valence-corrected chi connectivity index (χ3v) is 5.42. The fourth-order valence-electron chi connectivity index (χ4n) is 2.42. The SMILES string of the molecule is CCN(CC1CCCO1)S(=O)(=O)c1ccc(CNC)cn1. The molecular weight excluding hydrogens is 290 g/mol. The van der Waals surface area contributed by atoms with Crippen molar-refractivity contribution < 1.29 is 13.2 Å². The molecule has 1 N–H and O–H groups in total. The molecular formula is C14H23N3O3S. The number of ether oxygens (including phenoxy) is 1. The van der Waals surface area contributed by atoms with Crippen molar-refractivity contribution in [1.82, 2.24) is 14.6 Å². The average molecular weight is 313 g/mol. The van der Waals surface area contributed by atoms with Crippen LogP contribution in [0.3, 0.4) is 0 Å². The zero-order valence-electron chi connectivity index (χ0n) is 12.6. The highest BCUT2D eigenvalue weighted by Crippen LogP contribution is 2.18. The van der Waals surface area contributed by atoms with E-state index in [4.69, 9.17) is 4.74 Å². The van der Waals surface area contributed by atoms with Crippen molar-refractivity contribution in [3.8, 4) is 0 Å². The van der Waals surface area contributed by atoms with Crippen LogP contribution in [0.25, 0.3) is 0 Å². The Balaban J connectivity index is 2.13. The molecule has 0 spiro atoms. The molecule has 1 saturated heterocycles. The smallest absolute Gasteiger partial charge is 0.260 e. The van der Waals surface area contributed by atoms with Gasteiger partial charge in [0, 0.05) is 32.4 Å². The second-order valence-corrected chi connectivity index (χ2v) is 7.01. The molecule has 2 heterocycles. The van der Waals surface area contributed by atoms with Crippen molar-refractivity contribution in [1.29, 1.82) is 0 Å². The van der Waals surface area contributed by atoms with Crippen molar-refractivity contribution >= 4 is 10.0 Å². The van der Waals surface area contributed by atoms with Gasteiger partial charge in [0.05, 0.1) is 6.10 Å². The van der Waals surface area contributed by atoms with Gasteiger partial charge in [0.15, 0.2) is 5.03 Å². The third kappa shape index (κ3) is 4.00. The number of hydrogen-bond donors (Lipinski definition) is 1. The molecule has 1 aromatic heterocycles. The van der Waals surface area contributed by atoms with Crippen LogP contribution in [0.15, 0.2) is 23.4 Å². The summed E-state index contributed by atoms with van der Waals surface area (Å²) in [5, 5.41) is 3.11. The lowest BCUT2D eigenvalue weighted by Crippen LogP contribution is -2.37. The van der Waals surface area contributed by atoms with Crippen LogP contribution in [0.2, 0.25) is 0 Å². The summed E-state index contributed by atoms with van der Waals surface area (Å²) in [7, 11) is -1.71. The Morgan fingerprint density at radius 3 is 2.81 bits per heavy atom. The molecule has 1 fully saturated rings. The Kier molecular flexibility index (Phi) is 5.69. The van der Waals surface area contributed by atoms with Crippen molar-refractivity contribution in [2.24, 2.45) is 0 Å². The lowest BCUT2D eigenvalue weighted by Gasteiger charge is -2.22. The fourth-order valence-corrected chi connectivity index (χ4v) is 3.81. The van der Waals surface area contributed by atoms with E-state index in [2.05, 4.69) is 10.3 Å². The summed E-state index contributed by atoms with van der Waals surface area (Å²) < 4.78 is 32.2. The van der Waals surface area contributed by atoms with Gasteiger partial charge in [-0.1, -0.05) is 13.0 Å². The predicted molar refractivity (Wildman–Crippen MR) is 80.4 cm³/mol. The molecule has 6 nitrogen and oxygen atoms in total. The first-order valence-electron chi connectivity index (χ1n) is 7.29. The minimum Gasteiger partial charge on any atom is -0.377 e. The fraction of sp³-hybridized carbons (Fsp3) is 0.643. The summed E-state index contributed by atoms with van der Waals surface area (Å²) in [4.78, 5) is 4.10. The zero-order chi connectivity index (χ0) is 15.3. The minimum atomic E-state index is -3.55. The maximum absolute atomic E-state index is 12.6. The number of likely N-dealkylation sites (N-methyl/N-ethyl adjacent to an activating group) is 1. The highest BCUT2D eigenvalue weighted by atomic mass is 32.2. The first-order chi connectivity index (χ1) is 10.1. The first kappa shape index (κ1) is 16.4. The van der Waals surface area contributed by atoms with E-state index in [1.165, 1.54) is 4.31 Å². The number of hydrogen-bond acceptors (Lipinski definition) is 5. The maximum Gasteiger partial charge on any atom is 0.260 e. The Hall–Kier alpha value is -1.02. The van der Waals surface area contributed by atoms with E-state index < -0.39 is 10.0 Å². The van der Waals surface area contributed by atoms with E-state index in [0.717, 1.165) is 25.0 Å². The molecule has 0 aliphatic carbocycles. The minimum absolute atomic E-state index is 0.00305. The number of pyridine rings is 1. The van der Waals surface area contributed by atoms with E-state index in [-0.39, 0.29) is 11.1 Å². The van der Waals surface area contributed by atoms with Crippen molar-refractivity contribution in [3.05, 3.63) is 23.9 Å². The van der Waals surface area contributed by atoms with E-state index in [0.29, 0.717) is 19.6 Å². The normalized spacial score (nSPS) is 19.3. The van der Waals surface area contributed by atoms with Crippen LogP contribution in [0, 0.1) is 0 Å². The molecule has 2 rings (SSSR count). The van der Waals surface area contributed by atoms with Gasteiger partial charge in [0.1, 0.15) is 0 Å². The van der Waals surface area contributed by atoms with Crippen LogP contribution in [-0.4, -0.2) is 50.6 Å². The molecule has 1 aliphatic heterocycles. The molecule has 1 unspecified atom stereocenters. The third-order valence-electron chi connectivity index (χ3n) is 3.57. The van der Waals surface area contributed by atoms with Crippen LogP contribution < -0.4 is 5.32 Å². The van der Waals surface area contributed by atoms with Crippen molar-refractivity contribution in [3.63, 3.8) is 0 Å². The van der Waals surface area contributed by atoms with Crippen LogP contribution >= 0.6 is 0 Å². The molecule has 0 bridgehead atoms. The summed E-state index contributed by atoms with van der Waals surface area (Å²) in [5.41, 5.74) is 0.957. The summed E-state index contributed by atoms with van der Waals surface area (Å²) in [6.07, 6.45) is 3.52. The summed E-state index contributed by atoms with van der Waals surface area (Å²) >= 11 is 0. The molecule has 7 heteroatoms. The molecule has 21 heavy (non-hydrogen) atoms. The predicted octanol–water partition coefficient (Wildman–Crippen LogP) is 0.991. The van der Waals surface area contributed by atoms with E-state index in [1.807, 2.05) is 14.0 Å². The second kappa shape index (κ2) is 7.31. The number of rotatable bonds is 7. The Morgan fingerprint density at radius 2 is 2.29 bits per heavy atom. The van der Waals surface area contributed by atoms with Gasteiger partial charge in [-0.25, -0.2) is 13.4 Å². The molecule has 1 aromatic rings. The van der Waals surface area contributed by atoms with Gasteiger partial charge >= 0.3 is 0 Å². The van der Waals surface area contributed by atoms with Gasteiger partial charge in [0.2, 0.25) is 0 Å². The largest absolute Gasteiger partial charge is 0.377 e. The zero-order valence-corrected chi connectivity index (χ0v) is 13.4. The van der Waals surface area contributed by atoms with Gasteiger partial charge in [-0.15, -0.1) is 0 Å². The lowest BCUT2D eigenvalue weighted by atomic mass is 10.2. The van der Waals surface area contributed by atoms with Crippen molar-refractivity contribution in [2.75, 3.05) is 26.7 Å². The average Bonchev–Trinajstić information content (AvgIpc) is 2.98. The summed E-state index contributed by atoms with van der Waals surface area (Å²) in [6, 6.07) is 3.36. The molecule has 0 aromatic carbocycles. The molecule has 1 aliphatic rings. The van der Waals surface area contributed by atoms with Gasteiger partial charge < -0.3 is 10.1 Å². The molecule has 0 amide bonds. The summed E-state index contributed by atoms with van der Waals surface area (Å²) in [5.74, 6) is 0. The first-order valence-corrected chi connectivity index (χ1v) is 8.73. The Morgan fingerprint density at radius 1 is 1.48 bits per heavy atom. The van der Waals surface area contributed by atoms with E-state index in [1.54, 1.807) is 18.3 Å². The van der Waals surface area contributed by atoms with Crippen LogP contribution in [-0.2, 0) is 21.3 Å². The molecule has 118 valence electrons. The second-order valence-electron chi connectivity index (χ2n) is 5.13. The number of sulfonamides is 1. The Bertz CT molecular complexity index is 539. The highest BCUT2D eigenvalue weighted by molar-refractivity contribution is 7.89. The standard InChI is InChI=1S/C14H23N3O3S/c1-3-17(11-13-5-4-8-20-13)21(18,19)14-7-6-12(9-15-2)10-16-14/h6-7,10,13,15H,3-5,8-9,11H2,1-2H3. The molecule has 0 saturated carbocycles. The van der Waals surface area contributed by atoms with Crippen molar-refractivity contribution in [2.45, 2.75) is 37.4 Å². The van der Waals surface area contributed by atoms with Gasteiger partial charge in [-0.2, -0.15) is 4.31 Å². The van der Waals surface area contributed by atoms with E-state index >= 15 is 0 Å². The van der Waals surface area contributed by atoms with Gasteiger partial charge in [-0.3, -0.25) is 0 Å². The topological polar surface area (TPSA) is 71.5 Å². The number of aromatic nitrogens is 1. The monoisotopic (exact) mass is 313 g/mol. The van der Waals surface area contributed by atoms with Crippen LogP contribution in [0.5, 0.6) is 0 Å². The highest BCUT2D eigenvalue weighted by Gasteiger charge is 2.28. The van der Waals surface area contributed by atoms with Crippen LogP contribution in [0.4, 0.5) is 0 Å². The Labute approximate surface area is 126 Å². The molecule has 1 atom stereocenters. The number of nitrogens with zero attached hydrogens (tertiary/aromatic N) is 2. The maximum atomic E-state index is 12.6. The summed E-state index contributed by atoms with van der Waals surface area (Å²) in [6.45, 7) is 4.04. The van der Waals surface area contributed by atoms with Gasteiger partial charge in [-0.05, 0) is 31.5 Å². The van der Waals surface area contributed by atoms with E-state index in [9.17, 15) is 8.42 Å². The molecule has 0 radical (unpaired) electrons. The lowest BCUT2D eigenvalue weighted by molar-refractivity contribution is 0.0946. The number of nitrogens with one attached hydrogen (secondary N) is 1. The van der Waals surface area contributed by atoms with Gasteiger partial charge in [0.25, 0.3) is 10.0 Å². The quantitative estimate of drug-likeness (QED) is 0.813.